The van der Waals surface area contributed by atoms with Crippen LogP contribution in [0.1, 0.15) is 26.2 Å². The third-order valence-electron chi connectivity index (χ3n) is 3.45. The Balaban J connectivity index is 1.77. The number of H-pyrrole nitrogens is 1. The van der Waals surface area contributed by atoms with Crippen molar-refractivity contribution in [1.82, 2.24) is 20.2 Å². The van der Waals surface area contributed by atoms with Crippen molar-refractivity contribution in [3.05, 3.63) is 6.20 Å². The summed E-state index contributed by atoms with van der Waals surface area (Å²) >= 11 is 2.05. The molecule has 1 aliphatic rings. The van der Waals surface area contributed by atoms with Crippen LogP contribution in [0.15, 0.2) is 6.20 Å². The van der Waals surface area contributed by atoms with Crippen molar-refractivity contribution in [2.24, 2.45) is 0 Å². The smallest absolute Gasteiger partial charge is 0.224 e. The van der Waals surface area contributed by atoms with Gasteiger partial charge in [-0.1, -0.05) is 6.92 Å². The van der Waals surface area contributed by atoms with Gasteiger partial charge in [-0.15, -0.1) is 0 Å². The van der Waals surface area contributed by atoms with Crippen LogP contribution in [0.3, 0.4) is 0 Å². The van der Waals surface area contributed by atoms with Gasteiger partial charge in [-0.3, -0.25) is 5.10 Å². The largest absolute Gasteiger partial charge is 0.368 e. The molecule has 0 saturated heterocycles. The SMILES string of the molecule is CCSC1CCC(Nc2nc(N)nc3[nH]ncc23)C1. The van der Waals surface area contributed by atoms with Gasteiger partial charge >= 0.3 is 0 Å². The van der Waals surface area contributed by atoms with Gasteiger partial charge in [0.15, 0.2) is 5.65 Å². The molecule has 0 amide bonds. The molecule has 19 heavy (non-hydrogen) atoms. The summed E-state index contributed by atoms with van der Waals surface area (Å²) in [6.45, 7) is 2.21. The molecule has 0 aliphatic heterocycles. The van der Waals surface area contributed by atoms with Crippen molar-refractivity contribution in [3.63, 3.8) is 0 Å². The Hall–Kier alpha value is -1.50. The first-order chi connectivity index (χ1) is 9.26. The second-order valence-corrected chi connectivity index (χ2v) is 6.37. The lowest BCUT2D eigenvalue weighted by atomic mass is 10.2. The Morgan fingerprint density at radius 1 is 1.47 bits per heavy atom. The molecule has 3 rings (SSSR count). The Kier molecular flexibility index (Phi) is 3.46. The number of anilines is 2. The maximum absolute atomic E-state index is 5.72. The molecule has 6 nitrogen and oxygen atoms in total. The van der Waals surface area contributed by atoms with Gasteiger partial charge in [-0.05, 0) is 25.0 Å². The highest BCUT2D eigenvalue weighted by atomic mass is 32.2. The van der Waals surface area contributed by atoms with E-state index in [2.05, 4.69) is 32.4 Å². The highest BCUT2D eigenvalue weighted by molar-refractivity contribution is 7.99. The van der Waals surface area contributed by atoms with Gasteiger partial charge in [0.05, 0.1) is 11.6 Å². The summed E-state index contributed by atoms with van der Waals surface area (Å²) in [4.78, 5) is 8.42. The van der Waals surface area contributed by atoms with E-state index in [1.165, 1.54) is 25.0 Å². The predicted octanol–water partition coefficient (Wildman–Crippen LogP) is 2.02. The number of nitrogens with zero attached hydrogens (tertiary/aromatic N) is 3. The Morgan fingerprint density at radius 2 is 2.37 bits per heavy atom. The standard InChI is InChI=1S/C12H18N6S/c1-2-19-8-4-3-7(5-8)15-10-9-6-14-18-11(9)17-12(13)16-10/h6-8H,2-5H2,1H3,(H4,13,14,15,16,17,18). The lowest BCUT2D eigenvalue weighted by Crippen LogP contribution is -2.17. The number of nitrogens with one attached hydrogen (secondary N) is 2. The van der Waals surface area contributed by atoms with Crippen molar-refractivity contribution in [2.75, 3.05) is 16.8 Å². The fourth-order valence-electron chi connectivity index (χ4n) is 2.61. The molecule has 2 unspecified atom stereocenters. The molecule has 2 atom stereocenters. The number of nitrogens with two attached hydrogens (primary N) is 1. The van der Waals surface area contributed by atoms with Crippen LogP contribution in [0.4, 0.5) is 11.8 Å². The normalized spacial score (nSPS) is 23.0. The number of nitrogen functional groups attached to an aromatic ring is 1. The van der Waals surface area contributed by atoms with Crippen molar-refractivity contribution >= 4 is 34.6 Å². The van der Waals surface area contributed by atoms with Crippen molar-refractivity contribution in [2.45, 2.75) is 37.5 Å². The van der Waals surface area contributed by atoms with Gasteiger partial charge in [0, 0.05) is 11.3 Å². The molecule has 1 fully saturated rings. The molecule has 1 aliphatic carbocycles. The van der Waals surface area contributed by atoms with Crippen LogP contribution in [0.5, 0.6) is 0 Å². The van der Waals surface area contributed by atoms with E-state index < -0.39 is 0 Å². The van der Waals surface area contributed by atoms with Crippen LogP contribution in [0.2, 0.25) is 0 Å². The van der Waals surface area contributed by atoms with Crippen LogP contribution in [0, 0.1) is 0 Å². The van der Waals surface area contributed by atoms with E-state index in [4.69, 9.17) is 5.73 Å². The van der Waals surface area contributed by atoms with E-state index >= 15 is 0 Å². The summed E-state index contributed by atoms with van der Waals surface area (Å²) in [5.74, 6) is 2.25. The fourth-order valence-corrected chi connectivity index (χ4v) is 3.76. The topological polar surface area (TPSA) is 92.5 Å². The third kappa shape index (κ3) is 2.60. The first kappa shape index (κ1) is 12.5. The quantitative estimate of drug-likeness (QED) is 0.792. The summed E-state index contributed by atoms with van der Waals surface area (Å²) in [6, 6.07) is 0.469. The van der Waals surface area contributed by atoms with Crippen LogP contribution < -0.4 is 11.1 Å². The Labute approximate surface area is 116 Å². The minimum Gasteiger partial charge on any atom is -0.368 e. The van der Waals surface area contributed by atoms with Crippen LogP contribution in [0.25, 0.3) is 11.0 Å². The van der Waals surface area contributed by atoms with E-state index in [0.29, 0.717) is 11.7 Å². The van der Waals surface area contributed by atoms with Crippen LogP contribution >= 0.6 is 11.8 Å². The van der Waals surface area contributed by atoms with E-state index in [0.717, 1.165) is 16.5 Å². The second kappa shape index (κ2) is 5.24. The number of hydrogen-bond donors (Lipinski definition) is 3. The van der Waals surface area contributed by atoms with Gasteiger partial charge in [-0.25, -0.2) is 0 Å². The molecule has 0 radical (unpaired) electrons. The molecule has 1 saturated carbocycles. The number of thioether (sulfide) groups is 1. The van der Waals surface area contributed by atoms with Crippen molar-refractivity contribution in [3.8, 4) is 0 Å². The lowest BCUT2D eigenvalue weighted by molar-refractivity contribution is 0.753. The van der Waals surface area contributed by atoms with Gasteiger partial charge in [-0.2, -0.15) is 26.8 Å². The molecular formula is C12H18N6S. The number of aromatic nitrogens is 4. The van der Waals surface area contributed by atoms with Gasteiger partial charge in [0.25, 0.3) is 0 Å². The maximum Gasteiger partial charge on any atom is 0.224 e. The number of hydrogen-bond acceptors (Lipinski definition) is 6. The van der Waals surface area contributed by atoms with E-state index in [-0.39, 0.29) is 5.95 Å². The minimum atomic E-state index is 0.275. The fraction of sp³-hybridized carbons (Fsp3) is 0.583. The third-order valence-corrected chi connectivity index (χ3v) is 4.69. The highest BCUT2D eigenvalue weighted by Gasteiger charge is 2.25. The number of fused-ring (bicyclic) bond motifs is 1. The van der Waals surface area contributed by atoms with Crippen molar-refractivity contribution in [1.29, 1.82) is 0 Å². The Morgan fingerprint density at radius 3 is 3.21 bits per heavy atom. The van der Waals surface area contributed by atoms with E-state index in [1.54, 1.807) is 6.20 Å². The average Bonchev–Trinajstić information content (AvgIpc) is 2.98. The summed E-state index contributed by atoms with van der Waals surface area (Å²) in [5.41, 5.74) is 6.41. The molecule has 0 aromatic carbocycles. The summed E-state index contributed by atoms with van der Waals surface area (Å²) < 4.78 is 0. The minimum absolute atomic E-state index is 0.275. The predicted molar refractivity (Wildman–Crippen MR) is 79.3 cm³/mol. The summed E-state index contributed by atoms with van der Waals surface area (Å²) in [5, 5.41) is 12.0. The summed E-state index contributed by atoms with van der Waals surface area (Å²) in [6.07, 6.45) is 5.37. The number of rotatable bonds is 4. The highest BCUT2D eigenvalue weighted by Crippen LogP contribution is 2.32. The average molecular weight is 278 g/mol. The van der Waals surface area contributed by atoms with E-state index in [1.807, 2.05) is 11.8 Å². The lowest BCUT2D eigenvalue weighted by Gasteiger charge is -2.14. The van der Waals surface area contributed by atoms with E-state index in [9.17, 15) is 0 Å². The molecule has 7 heteroatoms. The van der Waals surface area contributed by atoms with Crippen LogP contribution in [-0.4, -0.2) is 37.2 Å². The second-order valence-electron chi connectivity index (χ2n) is 4.79. The Bertz CT molecular complexity index is 568. The monoisotopic (exact) mass is 278 g/mol. The first-order valence-electron chi connectivity index (χ1n) is 6.61. The molecule has 2 heterocycles. The van der Waals surface area contributed by atoms with Crippen LogP contribution in [-0.2, 0) is 0 Å². The number of aromatic amines is 1. The van der Waals surface area contributed by atoms with Crippen molar-refractivity contribution < 1.29 is 0 Å². The zero-order chi connectivity index (χ0) is 13.2. The van der Waals surface area contributed by atoms with Gasteiger partial charge in [0.1, 0.15) is 5.82 Å². The molecule has 4 N–H and O–H groups in total. The van der Waals surface area contributed by atoms with Gasteiger partial charge in [0.2, 0.25) is 5.95 Å². The van der Waals surface area contributed by atoms with Gasteiger partial charge < -0.3 is 11.1 Å². The first-order valence-corrected chi connectivity index (χ1v) is 7.66. The molecule has 0 spiro atoms. The maximum atomic E-state index is 5.72. The molecular weight excluding hydrogens is 260 g/mol. The zero-order valence-corrected chi connectivity index (χ0v) is 11.7. The molecule has 102 valence electrons. The molecule has 0 bridgehead atoms. The zero-order valence-electron chi connectivity index (χ0n) is 10.9. The summed E-state index contributed by atoms with van der Waals surface area (Å²) in [7, 11) is 0. The molecule has 2 aromatic heterocycles. The molecule has 2 aromatic rings.